The van der Waals surface area contributed by atoms with Crippen molar-refractivity contribution in [1.29, 1.82) is 0 Å². The number of carbonyl (C=O) groups is 1. The molecule has 3 N–H and O–H groups in total. The number of benzene rings is 1. The van der Waals surface area contributed by atoms with Crippen molar-refractivity contribution in [1.82, 2.24) is 4.98 Å². The van der Waals surface area contributed by atoms with E-state index in [2.05, 4.69) is 9.72 Å². The zero-order valence-corrected chi connectivity index (χ0v) is 8.93. The predicted octanol–water partition coefficient (Wildman–Crippen LogP) is 1.96. The fraction of sp³-hybridized carbons (Fsp3) is 0.100. The molecule has 1 aromatic carbocycles. The van der Waals surface area contributed by atoms with Crippen LogP contribution in [0.15, 0.2) is 24.4 Å². The Morgan fingerprint density at radius 1 is 1.47 bits per heavy atom. The largest absolute Gasteiger partial charge is 0.465 e. The molecule has 0 amide bonds. The van der Waals surface area contributed by atoms with Gasteiger partial charge in [0, 0.05) is 22.8 Å². The van der Waals surface area contributed by atoms with E-state index in [0.717, 1.165) is 10.9 Å². The van der Waals surface area contributed by atoms with Crippen LogP contribution in [0.3, 0.4) is 0 Å². The molecule has 0 atom stereocenters. The first-order chi connectivity index (χ1) is 6.72. The van der Waals surface area contributed by atoms with Gasteiger partial charge in [-0.2, -0.15) is 0 Å². The third-order valence-electron chi connectivity index (χ3n) is 2.13. The molecule has 2 rings (SSSR count). The third kappa shape index (κ3) is 1.89. The number of rotatable bonds is 1. The molecule has 0 spiro atoms. The van der Waals surface area contributed by atoms with Crippen LogP contribution < -0.4 is 5.73 Å². The number of aromatic amines is 1. The van der Waals surface area contributed by atoms with E-state index in [1.807, 2.05) is 6.07 Å². The van der Waals surface area contributed by atoms with Gasteiger partial charge in [0.05, 0.1) is 12.7 Å². The molecule has 0 aliphatic heterocycles. The van der Waals surface area contributed by atoms with E-state index in [-0.39, 0.29) is 12.4 Å². The molecule has 0 saturated carbocycles. The number of anilines is 1. The summed E-state index contributed by atoms with van der Waals surface area (Å²) in [4.78, 5) is 14.3. The van der Waals surface area contributed by atoms with Crippen LogP contribution >= 0.6 is 12.4 Å². The maximum atomic E-state index is 11.3. The maximum Gasteiger partial charge on any atom is 0.340 e. The highest BCUT2D eigenvalue weighted by atomic mass is 35.5. The molecule has 5 heteroatoms. The number of nitrogens with two attached hydrogens (primary N) is 1. The summed E-state index contributed by atoms with van der Waals surface area (Å²) in [6.45, 7) is 0. The summed E-state index contributed by atoms with van der Waals surface area (Å²) in [5.74, 6) is -0.418. The number of hydrogen-bond acceptors (Lipinski definition) is 3. The summed E-state index contributed by atoms with van der Waals surface area (Å²) < 4.78 is 4.61. The van der Waals surface area contributed by atoms with Crippen molar-refractivity contribution in [3.8, 4) is 0 Å². The molecular weight excluding hydrogens is 216 g/mol. The molecule has 0 unspecified atom stereocenters. The fourth-order valence-electron chi connectivity index (χ4n) is 1.40. The number of hydrogen-bond donors (Lipinski definition) is 2. The fourth-order valence-corrected chi connectivity index (χ4v) is 1.40. The molecule has 0 bridgehead atoms. The van der Waals surface area contributed by atoms with Gasteiger partial charge in [0.25, 0.3) is 0 Å². The molecule has 80 valence electrons. The smallest absolute Gasteiger partial charge is 0.340 e. The van der Waals surface area contributed by atoms with Crippen LogP contribution in [0.5, 0.6) is 0 Å². The van der Waals surface area contributed by atoms with Crippen molar-refractivity contribution in [3.05, 3.63) is 30.0 Å². The average molecular weight is 227 g/mol. The van der Waals surface area contributed by atoms with E-state index in [4.69, 9.17) is 5.73 Å². The van der Waals surface area contributed by atoms with Crippen LogP contribution in [0.2, 0.25) is 0 Å². The van der Waals surface area contributed by atoms with Crippen LogP contribution in [-0.4, -0.2) is 18.1 Å². The van der Waals surface area contributed by atoms with Crippen LogP contribution in [-0.2, 0) is 4.74 Å². The van der Waals surface area contributed by atoms with Gasteiger partial charge in [0.15, 0.2) is 0 Å². The van der Waals surface area contributed by atoms with Crippen molar-refractivity contribution in [2.45, 2.75) is 0 Å². The monoisotopic (exact) mass is 226 g/mol. The van der Waals surface area contributed by atoms with Crippen molar-refractivity contribution in [3.63, 3.8) is 0 Å². The van der Waals surface area contributed by atoms with Crippen molar-refractivity contribution in [2.24, 2.45) is 0 Å². The maximum absolute atomic E-state index is 11.3. The number of H-pyrrole nitrogens is 1. The van der Waals surface area contributed by atoms with Gasteiger partial charge in [0.1, 0.15) is 0 Å². The number of fused-ring (bicyclic) bond motifs is 1. The number of aromatic nitrogens is 1. The zero-order valence-electron chi connectivity index (χ0n) is 8.11. The second-order valence-corrected chi connectivity index (χ2v) is 3.00. The van der Waals surface area contributed by atoms with Crippen molar-refractivity contribution >= 4 is 35.0 Å². The average Bonchev–Trinajstić information content (AvgIpc) is 2.62. The highest BCUT2D eigenvalue weighted by molar-refractivity contribution is 6.00. The normalized spacial score (nSPS) is 9.67. The SMILES string of the molecule is COC(=O)c1cc2[nH]ccc2cc1N.Cl. The summed E-state index contributed by atoms with van der Waals surface area (Å²) in [7, 11) is 1.33. The van der Waals surface area contributed by atoms with Gasteiger partial charge >= 0.3 is 5.97 Å². The lowest BCUT2D eigenvalue weighted by molar-refractivity contribution is 0.0602. The molecule has 1 aromatic heterocycles. The Balaban J connectivity index is 0.00000112. The predicted molar refractivity (Wildman–Crippen MR) is 61.3 cm³/mol. The number of carbonyl (C=O) groups excluding carboxylic acids is 1. The molecule has 2 aromatic rings. The van der Waals surface area contributed by atoms with Gasteiger partial charge in [0.2, 0.25) is 0 Å². The summed E-state index contributed by atoms with van der Waals surface area (Å²) in [6, 6.07) is 5.33. The lowest BCUT2D eigenvalue weighted by Gasteiger charge is -2.03. The minimum Gasteiger partial charge on any atom is -0.465 e. The van der Waals surface area contributed by atoms with Gasteiger partial charge in [-0.1, -0.05) is 0 Å². The van der Waals surface area contributed by atoms with Crippen LogP contribution in [0.4, 0.5) is 5.69 Å². The van der Waals surface area contributed by atoms with E-state index < -0.39 is 5.97 Å². The second-order valence-electron chi connectivity index (χ2n) is 3.00. The molecule has 15 heavy (non-hydrogen) atoms. The number of nitrogen functional groups attached to an aromatic ring is 1. The number of halogens is 1. The van der Waals surface area contributed by atoms with Gasteiger partial charge in [-0.3, -0.25) is 0 Å². The van der Waals surface area contributed by atoms with E-state index in [1.165, 1.54) is 7.11 Å². The zero-order chi connectivity index (χ0) is 10.1. The topological polar surface area (TPSA) is 68.1 Å². The highest BCUT2D eigenvalue weighted by Gasteiger charge is 2.11. The number of nitrogens with one attached hydrogen (secondary N) is 1. The van der Waals surface area contributed by atoms with E-state index >= 15 is 0 Å². The van der Waals surface area contributed by atoms with E-state index in [1.54, 1.807) is 18.3 Å². The van der Waals surface area contributed by atoms with Crippen LogP contribution in [0.25, 0.3) is 10.9 Å². The number of methoxy groups -OCH3 is 1. The molecule has 0 fully saturated rings. The Labute approximate surface area is 92.8 Å². The molecular formula is C10H11ClN2O2. The first-order valence-corrected chi connectivity index (χ1v) is 4.17. The molecule has 4 nitrogen and oxygen atoms in total. The van der Waals surface area contributed by atoms with Gasteiger partial charge in [-0.05, 0) is 18.2 Å². The lowest BCUT2D eigenvalue weighted by Crippen LogP contribution is -2.05. The van der Waals surface area contributed by atoms with Crippen molar-refractivity contribution in [2.75, 3.05) is 12.8 Å². The Hall–Kier alpha value is -1.68. The molecule has 0 radical (unpaired) electrons. The van der Waals surface area contributed by atoms with Gasteiger partial charge in [-0.15, -0.1) is 12.4 Å². The Kier molecular flexibility index (Phi) is 3.21. The first-order valence-electron chi connectivity index (χ1n) is 4.17. The summed E-state index contributed by atoms with van der Waals surface area (Å²) in [6.07, 6.45) is 1.80. The minimum absolute atomic E-state index is 0. The molecule has 1 heterocycles. The minimum atomic E-state index is -0.418. The highest BCUT2D eigenvalue weighted by Crippen LogP contribution is 2.21. The number of esters is 1. The van der Waals surface area contributed by atoms with E-state index in [9.17, 15) is 4.79 Å². The third-order valence-corrected chi connectivity index (χ3v) is 2.13. The first kappa shape index (κ1) is 11.4. The molecule has 0 saturated heterocycles. The second kappa shape index (κ2) is 4.23. The van der Waals surface area contributed by atoms with Gasteiger partial charge in [-0.25, -0.2) is 4.79 Å². The van der Waals surface area contributed by atoms with Crippen LogP contribution in [0, 0.1) is 0 Å². The van der Waals surface area contributed by atoms with E-state index in [0.29, 0.717) is 11.3 Å². The molecule has 0 aliphatic rings. The Morgan fingerprint density at radius 2 is 2.20 bits per heavy atom. The summed E-state index contributed by atoms with van der Waals surface area (Å²) >= 11 is 0. The van der Waals surface area contributed by atoms with Crippen molar-refractivity contribution < 1.29 is 9.53 Å². The summed E-state index contributed by atoms with van der Waals surface area (Å²) in [5.41, 5.74) is 7.41. The molecule has 0 aliphatic carbocycles. The lowest BCUT2D eigenvalue weighted by atomic mass is 10.1. The van der Waals surface area contributed by atoms with Crippen LogP contribution in [0.1, 0.15) is 10.4 Å². The summed E-state index contributed by atoms with van der Waals surface area (Å²) in [5, 5.41) is 0.982. The van der Waals surface area contributed by atoms with Gasteiger partial charge < -0.3 is 15.5 Å². The Morgan fingerprint density at radius 3 is 2.87 bits per heavy atom. The standard InChI is InChI=1S/C10H10N2O2.ClH/c1-14-10(13)7-5-9-6(2-3-12-9)4-8(7)11;/h2-5,12H,11H2,1H3;1H. The quantitative estimate of drug-likeness (QED) is 0.577. The Bertz CT molecular complexity index is 493. The number of ether oxygens (including phenoxy) is 1.